The summed E-state index contributed by atoms with van der Waals surface area (Å²) >= 11 is 0. The van der Waals surface area contributed by atoms with Crippen molar-refractivity contribution in [3.8, 4) is 5.75 Å². The molecule has 0 heterocycles. The Labute approximate surface area is 140 Å². The van der Waals surface area contributed by atoms with Crippen LogP contribution in [0.25, 0.3) is 0 Å². The number of quaternary nitrogens is 1. The lowest BCUT2D eigenvalue weighted by Gasteiger charge is -2.14. The summed E-state index contributed by atoms with van der Waals surface area (Å²) in [5.74, 6) is 0.633. The molecule has 2 aromatic rings. The molecule has 2 rings (SSSR count). The molecule has 0 radical (unpaired) electrons. The monoisotopic (exact) mass is 330 g/mol. The predicted molar refractivity (Wildman–Crippen MR) is 90.2 cm³/mol. The smallest absolute Gasteiger partial charge is 0.279 e. The highest BCUT2D eigenvalue weighted by atomic mass is 16.6. The van der Waals surface area contributed by atoms with Crippen molar-refractivity contribution in [1.29, 1.82) is 0 Å². The maximum atomic E-state index is 12.1. The molecule has 2 N–H and O–H groups in total. The van der Waals surface area contributed by atoms with E-state index in [1.54, 1.807) is 43.5 Å². The first-order valence-corrected chi connectivity index (χ1v) is 7.46. The molecule has 0 aliphatic rings. The van der Waals surface area contributed by atoms with Crippen LogP contribution in [0.2, 0.25) is 0 Å². The number of amides is 1. The van der Waals surface area contributed by atoms with Gasteiger partial charge < -0.3 is 15.0 Å². The molecule has 0 saturated carbocycles. The number of rotatable bonds is 7. The molecule has 2 aromatic carbocycles. The van der Waals surface area contributed by atoms with E-state index in [2.05, 4.69) is 5.32 Å². The lowest BCUT2D eigenvalue weighted by molar-refractivity contribution is -0.885. The Kier molecular flexibility index (Phi) is 5.86. The highest BCUT2D eigenvalue weighted by Gasteiger charge is 2.12. The minimum absolute atomic E-state index is 0.0636. The van der Waals surface area contributed by atoms with Crippen LogP contribution in [0.1, 0.15) is 5.56 Å². The highest BCUT2D eigenvalue weighted by molar-refractivity contribution is 5.91. The number of nitrogens with zero attached hydrogens (tertiary/aromatic N) is 1. The molecule has 7 nitrogen and oxygen atoms in total. The van der Waals surface area contributed by atoms with E-state index in [4.69, 9.17) is 4.74 Å². The number of ether oxygens (including phenoxy) is 1. The number of nitro benzene ring substituents is 1. The number of likely N-dealkylation sites (N-methyl/N-ethyl adjacent to an activating group) is 1. The first-order valence-electron chi connectivity index (χ1n) is 7.46. The number of carbonyl (C=O) groups excluding carboxylic acids is 1. The molecule has 1 atom stereocenters. The first kappa shape index (κ1) is 17.4. The van der Waals surface area contributed by atoms with Crippen molar-refractivity contribution in [2.24, 2.45) is 0 Å². The van der Waals surface area contributed by atoms with E-state index in [-0.39, 0.29) is 11.6 Å². The maximum Gasteiger partial charge on any atom is 0.279 e. The summed E-state index contributed by atoms with van der Waals surface area (Å²) < 4.78 is 5.07. The Bertz CT molecular complexity index is 699. The van der Waals surface area contributed by atoms with Gasteiger partial charge in [-0.05, 0) is 36.4 Å². The molecule has 0 spiro atoms. The summed E-state index contributed by atoms with van der Waals surface area (Å²) in [4.78, 5) is 23.2. The number of nitrogens with one attached hydrogen (secondary N) is 2. The van der Waals surface area contributed by atoms with E-state index in [0.717, 1.165) is 16.2 Å². The van der Waals surface area contributed by atoms with Gasteiger partial charge in [-0.1, -0.05) is 0 Å². The second kappa shape index (κ2) is 8.07. The summed E-state index contributed by atoms with van der Waals surface area (Å²) in [6.07, 6.45) is 0. The fraction of sp³-hybridized carbons (Fsp3) is 0.235. The molecule has 0 saturated heterocycles. The van der Waals surface area contributed by atoms with Crippen molar-refractivity contribution >= 4 is 17.3 Å². The van der Waals surface area contributed by atoms with Crippen LogP contribution in [0.15, 0.2) is 48.5 Å². The molecule has 0 aromatic heterocycles. The van der Waals surface area contributed by atoms with Crippen molar-refractivity contribution in [2.75, 3.05) is 26.0 Å². The largest absolute Gasteiger partial charge is 0.497 e. The Morgan fingerprint density at radius 1 is 1.17 bits per heavy atom. The number of anilines is 1. The topological polar surface area (TPSA) is 85.9 Å². The minimum atomic E-state index is -0.428. The van der Waals surface area contributed by atoms with Crippen molar-refractivity contribution in [3.63, 3.8) is 0 Å². The van der Waals surface area contributed by atoms with E-state index in [1.165, 1.54) is 12.1 Å². The number of methoxy groups -OCH3 is 1. The van der Waals surface area contributed by atoms with Gasteiger partial charge in [-0.3, -0.25) is 14.9 Å². The van der Waals surface area contributed by atoms with Crippen molar-refractivity contribution in [1.82, 2.24) is 0 Å². The van der Waals surface area contributed by atoms with Crippen molar-refractivity contribution < 1.29 is 19.4 Å². The molecule has 7 heteroatoms. The second-order valence-corrected chi connectivity index (χ2v) is 5.51. The van der Waals surface area contributed by atoms with Crippen LogP contribution >= 0.6 is 0 Å². The normalized spacial score (nSPS) is 11.6. The van der Waals surface area contributed by atoms with E-state index in [9.17, 15) is 14.9 Å². The van der Waals surface area contributed by atoms with E-state index < -0.39 is 4.92 Å². The number of benzene rings is 2. The summed E-state index contributed by atoms with van der Waals surface area (Å²) in [6.45, 7) is 0.900. The van der Waals surface area contributed by atoms with Gasteiger partial charge in [-0.15, -0.1) is 0 Å². The van der Waals surface area contributed by atoms with Gasteiger partial charge in [0.15, 0.2) is 6.54 Å². The zero-order chi connectivity index (χ0) is 17.5. The van der Waals surface area contributed by atoms with Crippen LogP contribution in [0.3, 0.4) is 0 Å². The van der Waals surface area contributed by atoms with E-state index in [1.807, 2.05) is 7.05 Å². The van der Waals surface area contributed by atoms with Crippen molar-refractivity contribution in [2.45, 2.75) is 6.54 Å². The van der Waals surface area contributed by atoms with Gasteiger partial charge in [0, 0.05) is 23.4 Å². The Balaban J connectivity index is 1.85. The molecule has 126 valence electrons. The van der Waals surface area contributed by atoms with Gasteiger partial charge in [0.1, 0.15) is 12.3 Å². The van der Waals surface area contributed by atoms with Crippen LogP contribution < -0.4 is 15.0 Å². The Morgan fingerprint density at radius 2 is 1.79 bits per heavy atom. The average Bonchev–Trinajstić information content (AvgIpc) is 2.55. The van der Waals surface area contributed by atoms with Crippen LogP contribution in [-0.2, 0) is 11.3 Å². The van der Waals surface area contributed by atoms with Crippen LogP contribution in [-0.4, -0.2) is 31.5 Å². The lowest BCUT2D eigenvalue weighted by Crippen LogP contribution is -3.08. The Morgan fingerprint density at radius 3 is 2.33 bits per heavy atom. The third-order valence-corrected chi connectivity index (χ3v) is 3.49. The maximum absolute atomic E-state index is 12.1. The predicted octanol–water partition coefficient (Wildman–Crippen LogP) is 1.26. The molecule has 1 unspecified atom stereocenters. The summed E-state index contributed by atoms with van der Waals surface area (Å²) in [7, 11) is 3.49. The summed E-state index contributed by atoms with van der Waals surface area (Å²) in [5, 5.41) is 13.5. The third-order valence-electron chi connectivity index (χ3n) is 3.49. The van der Waals surface area contributed by atoms with E-state index >= 15 is 0 Å². The number of hydrogen-bond acceptors (Lipinski definition) is 4. The quantitative estimate of drug-likeness (QED) is 0.591. The van der Waals surface area contributed by atoms with Crippen LogP contribution in [0.5, 0.6) is 5.75 Å². The van der Waals surface area contributed by atoms with Gasteiger partial charge in [-0.2, -0.15) is 0 Å². The lowest BCUT2D eigenvalue weighted by atomic mass is 10.2. The molecule has 0 fully saturated rings. The summed E-state index contributed by atoms with van der Waals surface area (Å²) in [5.41, 5.74) is 1.72. The van der Waals surface area contributed by atoms with Crippen LogP contribution in [0, 0.1) is 10.1 Å². The van der Waals surface area contributed by atoms with Crippen molar-refractivity contribution in [3.05, 3.63) is 64.2 Å². The SMILES string of the molecule is COc1ccc(NC(=O)C[NH+](C)Cc2ccc([N+](=O)[O-])cc2)cc1. The molecule has 24 heavy (non-hydrogen) atoms. The molecule has 1 amide bonds. The number of hydrogen-bond donors (Lipinski definition) is 2. The van der Waals surface area contributed by atoms with Crippen LogP contribution in [0.4, 0.5) is 11.4 Å². The zero-order valence-electron chi connectivity index (χ0n) is 13.6. The molecule has 0 aliphatic carbocycles. The van der Waals surface area contributed by atoms with E-state index in [0.29, 0.717) is 18.8 Å². The molecule has 0 aliphatic heterocycles. The minimum Gasteiger partial charge on any atom is -0.497 e. The summed E-state index contributed by atoms with van der Waals surface area (Å²) in [6, 6.07) is 13.5. The van der Waals surface area contributed by atoms with Gasteiger partial charge in [0.25, 0.3) is 11.6 Å². The zero-order valence-corrected chi connectivity index (χ0v) is 13.6. The molecular weight excluding hydrogens is 310 g/mol. The van der Waals surface area contributed by atoms with Gasteiger partial charge >= 0.3 is 0 Å². The Hall–Kier alpha value is -2.93. The fourth-order valence-electron chi connectivity index (χ4n) is 2.30. The fourth-order valence-corrected chi connectivity index (χ4v) is 2.30. The highest BCUT2D eigenvalue weighted by Crippen LogP contribution is 2.14. The van der Waals surface area contributed by atoms with Gasteiger partial charge in [0.05, 0.1) is 19.1 Å². The van der Waals surface area contributed by atoms with Gasteiger partial charge in [-0.25, -0.2) is 0 Å². The second-order valence-electron chi connectivity index (χ2n) is 5.51. The molecule has 0 bridgehead atoms. The number of carbonyl (C=O) groups is 1. The standard InChI is InChI=1S/C17H19N3O4/c1-19(11-13-3-7-15(8-4-13)20(22)23)12-17(21)18-14-5-9-16(24-2)10-6-14/h3-10H,11-12H2,1-2H3,(H,18,21)/p+1. The number of nitro groups is 1. The average molecular weight is 330 g/mol. The van der Waals surface area contributed by atoms with Gasteiger partial charge in [0.2, 0.25) is 0 Å². The number of non-ortho nitro benzene ring substituents is 1. The third kappa shape index (κ3) is 5.06. The molecular formula is C17H20N3O4+. The first-order chi connectivity index (χ1) is 11.5.